The Morgan fingerprint density at radius 2 is 2.03 bits per heavy atom. The van der Waals surface area contributed by atoms with Gasteiger partial charge in [-0.2, -0.15) is 0 Å². The molecule has 0 fully saturated rings. The molecule has 0 bridgehead atoms. The number of hydrogen-bond donors (Lipinski definition) is 2. The second kappa shape index (κ2) is 7.35. The molecule has 2 aliphatic rings. The predicted octanol–water partition coefficient (Wildman–Crippen LogP) is 3.82. The molecule has 0 radical (unpaired) electrons. The van der Waals surface area contributed by atoms with Crippen molar-refractivity contribution in [2.75, 3.05) is 11.1 Å². The van der Waals surface area contributed by atoms with E-state index in [1.807, 2.05) is 55.5 Å². The number of aromatic nitrogens is 1. The van der Waals surface area contributed by atoms with Crippen LogP contribution < -0.4 is 11.1 Å². The fourth-order valence-electron chi connectivity index (χ4n) is 4.75. The molecule has 2 atom stereocenters. The van der Waals surface area contributed by atoms with Gasteiger partial charge in [0.1, 0.15) is 17.3 Å². The highest BCUT2D eigenvalue weighted by Crippen LogP contribution is 2.46. The summed E-state index contributed by atoms with van der Waals surface area (Å²) in [5.74, 6) is 2.46. The molecule has 0 spiro atoms. The van der Waals surface area contributed by atoms with Gasteiger partial charge in [0, 0.05) is 12.3 Å². The Kier molecular flexibility index (Phi) is 4.75. The van der Waals surface area contributed by atoms with E-state index in [2.05, 4.69) is 5.32 Å². The number of pyridine rings is 1. The Bertz CT molecular complexity index is 1280. The summed E-state index contributed by atoms with van der Waals surface area (Å²) in [6, 6.07) is 15.1. The van der Waals surface area contributed by atoms with Crippen molar-refractivity contribution in [3.63, 3.8) is 0 Å². The number of furan rings is 1. The molecule has 1 aliphatic carbocycles. The van der Waals surface area contributed by atoms with Crippen LogP contribution in [0.3, 0.4) is 0 Å². The lowest BCUT2D eigenvalue weighted by Crippen LogP contribution is -2.45. The maximum Gasteiger partial charge on any atom is 0.178 e. The van der Waals surface area contributed by atoms with Gasteiger partial charge in [-0.3, -0.25) is 0 Å². The summed E-state index contributed by atoms with van der Waals surface area (Å²) in [6.07, 6.45) is 5.24. The number of allylic oxidation sites excluding steroid dienone is 1. The molecule has 31 heavy (non-hydrogen) atoms. The van der Waals surface area contributed by atoms with E-state index in [1.165, 1.54) is 0 Å². The van der Waals surface area contributed by atoms with Crippen LogP contribution >= 0.6 is 0 Å². The lowest BCUT2D eigenvalue weighted by atomic mass is 9.70. The molecule has 3 heterocycles. The zero-order valence-electron chi connectivity index (χ0n) is 17.3. The van der Waals surface area contributed by atoms with Crippen LogP contribution in [0.5, 0.6) is 0 Å². The van der Waals surface area contributed by atoms with Crippen LogP contribution in [0, 0.1) is 6.92 Å². The van der Waals surface area contributed by atoms with Crippen LogP contribution in [0.15, 0.2) is 70.0 Å². The summed E-state index contributed by atoms with van der Waals surface area (Å²) in [5.41, 5.74) is 8.87. The van der Waals surface area contributed by atoms with E-state index >= 15 is 0 Å². The number of aryl methyl sites for hydroxylation is 1. The number of sulfone groups is 1. The minimum atomic E-state index is -3.27. The van der Waals surface area contributed by atoms with Crippen molar-refractivity contribution in [1.82, 2.24) is 4.98 Å². The van der Waals surface area contributed by atoms with Gasteiger partial charge in [-0.05, 0) is 48.7 Å². The third kappa shape index (κ3) is 3.47. The molecule has 6 nitrogen and oxygen atoms in total. The van der Waals surface area contributed by atoms with Crippen molar-refractivity contribution >= 4 is 15.7 Å². The Balaban J connectivity index is 1.48. The molecule has 2 aromatic heterocycles. The van der Waals surface area contributed by atoms with Crippen LogP contribution in [0.2, 0.25) is 0 Å². The van der Waals surface area contributed by atoms with Crippen LogP contribution in [0.4, 0.5) is 5.82 Å². The van der Waals surface area contributed by atoms with Crippen LogP contribution in [0.1, 0.15) is 40.7 Å². The van der Waals surface area contributed by atoms with E-state index in [4.69, 9.17) is 15.1 Å². The van der Waals surface area contributed by atoms with Gasteiger partial charge < -0.3 is 15.5 Å². The van der Waals surface area contributed by atoms with Gasteiger partial charge in [0.05, 0.1) is 28.4 Å². The Morgan fingerprint density at radius 3 is 2.84 bits per heavy atom. The van der Waals surface area contributed by atoms with Gasteiger partial charge in [-0.15, -0.1) is 0 Å². The quantitative estimate of drug-likeness (QED) is 0.605. The van der Waals surface area contributed by atoms with Crippen molar-refractivity contribution in [3.05, 3.63) is 89.0 Å². The van der Waals surface area contributed by atoms with Gasteiger partial charge in [0.2, 0.25) is 0 Å². The molecular formula is C24H25N3O3S. The number of anilines is 1. The highest BCUT2D eigenvalue weighted by molar-refractivity contribution is 7.91. The Hall–Kier alpha value is -2.90. The average molecular weight is 436 g/mol. The second-order valence-corrected chi connectivity index (χ2v) is 10.4. The van der Waals surface area contributed by atoms with Gasteiger partial charge in [0.25, 0.3) is 0 Å². The minimum Gasteiger partial charge on any atom is -0.465 e. The SMILES string of the molecule is Cc1ccc(CNc2ccc3c(n2)CC=CC3(N)C2CCS(=O)(=O)c3ccccc32)o1. The predicted molar refractivity (Wildman–Crippen MR) is 120 cm³/mol. The molecule has 7 heteroatoms. The van der Waals surface area contributed by atoms with Gasteiger partial charge >= 0.3 is 0 Å². The zero-order valence-corrected chi connectivity index (χ0v) is 18.2. The Labute approximate surface area is 182 Å². The number of nitrogens with one attached hydrogen (secondary N) is 1. The first-order valence-corrected chi connectivity index (χ1v) is 12.1. The highest BCUT2D eigenvalue weighted by Gasteiger charge is 2.43. The highest BCUT2D eigenvalue weighted by atomic mass is 32.2. The van der Waals surface area contributed by atoms with Crippen LogP contribution in [-0.4, -0.2) is 19.2 Å². The van der Waals surface area contributed by atoms with Gasteiger partial charge in [0.15, 0.2) is 9.84 Å². The monoisotopic (exact) mass is 435 g/mol. The summed E-state index contributed by atoms with van der Waals surface area (Å²) in [7, 11) is -3.27. The smallest absolute Gasteiger partial charge is 0.178 e. The summed E-state index contributed by atoms with van der Waals surface area (Å²) in [4.78, 5) is 5.21. The molecule has 0 saturated heterocycles. The van der Waals surface area contributed by atoms with Crippen molar-refractivity contribution in [3.8, 4) is 0 Å². The third-order valence-electron chi connectivity index (χ3n) is 6.27. The average Bonchev–Trinajstić information content (AvgIpc) is 3.17. The van der Waals surface area contributed by atoms with Crippen LogP contribution in [-0.2, 0) is 28.3 Å². The normalized spacial score (nSPS) is 23.7. The van der Waals surface area contributed by atoms with Crippen molar-refractivity contribution < 1.29 is 12.8 Å². The molecule has 3 N–H and O–H groups in total. The van der Waals surface area contributed by atoms with Crippen molar-refractivity contribution in [2.45, 2.75) is 42.7 Å². The molecule has 0 amide bonds. The number of nitrogens with zero attached hydrogens (tertiary/aromatic N) is 1. The van der Waals surface area contributed by atoms with Gasteiger partial charge in [-0.25, -0.2) is 13.4 Å². The number of hydrogen-bond acceptors (Lipinski definition) is 6. The van der Waals surface area contributed by atoms with Crippen molar-refractivity contribution in [1.29, 1.82) is 0 Å². The van der Waals surface area contributed by atoms with E-state index in [9.17, 15) is 8.42 Å². The molecule has 0 saturated carbocycles. The fourth-order valence-corrected chi connectivity index (χ4v) is 6.37. The number of rotatable bonds is 4. The zero-order chi connectivity index (χ0) is 21.6. The first-order valence-electron chi connectivity index (χ1n) is 10.4. The third-order valence-corrected chi connectivity index (χ3v) is 8.08. The fraction of sp³-hybridized carbons (Fsp3) is 0.292. The first kappa shape index (κ1) is 20.0. The molecule has 5 rings (SSSR count). The maximum atomic E-state index is 12.6. The molecule has 160 valence electrons. The molecule has 1 aliphatic heterocycles. The van der Waals surface area contributed by atoms with Gasteiger partial charge in [-0.1, -0.05) is 36.4 Å². The minimum absolute atomic E-state index is 0.104. The topological polar surface area (TPSA) is 98.2 Å². The standard InChI is InChI=1S/C24H25N3O3S/c1-16-8-9-17(30-16)15-26-23-11-10-20-21(27-23)6-4-13-24(20,25)19-12-14-31(28,29)22-7-3-2-5-18(19)22/h2-5,7-11,13,19H,6,12,14-15,25H2,1H3,(H,26,27). The first-order chi connectivity index (χ1) is 14.9. The number of nitrogens with two attached hydrogens (primary N) is 1. The summed E-state index contributed by atoms with van der Waals surface area (Å²) in [6.45, 7) is 2.47. The lowest BCUT2D eigenvalue weighted by Gasteiger charge is -2.41. The molecular weight excluding hydrogens is 410 g/mol. The van der Waals surface area contributed by atoms with E-state index in [0.717, 1.165) is 34.2 Å². The molecule has 2 unspecified atom stereocenters. The number of benzene rings is 1. The summed E-state index contributed by atoms with van der Waals surface area (Å²) >= 11 is 0. The maximum absolute atomic E-state index is 12.6. The van der Waals surface area contributed by atoms with E-state index < -0.39 is 15.4 Å². The largest absolute Gasteiger partial charge is 0.465 e. The van der Waals surface area contributed by atoms with E-state index in [1.54, 1.807) is 12.1 Å². The summed E-state index contributed by atoms with van der Waals surface area (Å²) in [5, 5.41) is 3.31. The molecule has 3 aromatic rings. The molecule has 1 aromatic carbocycles. The Morgan fingerprint density at radius 1 is 1.19 bits per heavy atom. The van der Waals surface area contributed by atoms with E-state index in [0.29, 0.717) is 24.3 Å². The number of fused-ring (bicyclic) bond motifs is 2. The second-order valence-electron chi connectivity index (χ2n) is 8.29. The van der Waals surface area contributed by atoms with Crippen LogP contribution in [0.25, 0.3) is 0 Å². The van der Waals surface area contributed by atoms with E-state index in [-0.39, 0.29) is 11.7 Å². The van der Waals surface area contributed by atoms with Crippen molar-refractivity contribution in [2.24, 2.45) is 5.73 Å². The summed E-state index contributed by atoms with van der Waals surface area (Å²) < 4.78 is 30.8. The lowest BCUT2D eigenvalue weighted by molar-refractivity contribution is 0.405.